The summed E-state index contributed by atoms with van der Waals surface area (Å²) in [5, 5.41) is 31.4. The molecule has 0 bridgehead atoms. The van der Waals surface area contributed by atoms with E-state index in [4.69, 9.17) is 4.74 Å². The molecular formula is C21H25FN2O5. The van der Waals surface area contributed by atoms with Gasteiger partial charge in [0.1, 0.15) is 24.3 Å². The molecule has 0 radical (unpaired) electrons. The maximum absolute atomic E-state index is 13.0. The first-order valence-corrected chi connectivity index (χ1v) is 9.63. The van der Waals surface area contributed by atoms with Crippen LogP contribution in [0, 0.1) is 21.8 Å². The van der Waals surface area contributed by atoms with Gasteiger partial charge >= 0.3 is 0 Å². The van der Waals surface area contributed by atoms with Crippen LogP contribution in [0.25, 0.3) is 0 Å². The zero-order valence-corrected chi connectivity index (χ0v) is 16.0. The van der Waals surface area contributed by atoms with Gasteiger partial charge in [0.25, 0.3) is 5.69 Å². The molecule has 1 aliphatic rings. The van der Waals surface area contributed by atoms with E-state index in [2.05, 4.69) is 4.90 Å². The van der Waals surface area contributed by atoms with E-state index < -0.39 is 17.1 Å². The average Bonchev–Trinajstić information content (AvgIpc) is 2.73. The first-order valence-electron chi connectivity index (χ1n) is 9.63. The molecule has 1 heterocycles. The minimum atomic E-state index is -0.691. The van der Waals surface area contributed by atoms with Gasteiger partial charge in [-0.3, -0.25) is 10.1 Å². The second-order valence-electron chi connectivity index (χ2n) is 7.35. The lowest BCUT2D eigenvalue weighted by Gasteiger charge is -2.35. The summed E-state index contributed by atoms with van der Waals surface area (Å²) in [5.41, 5.74) is 0.713. The summed E-state index contributed by atoms with van der Waals surface area (Å²) >= 11 is 0. The summed E-state index contributed by atoms with van der Waals surface area (Å²) in [4.78, 5) is 12.3. The number of nitro groups is 1. The topological polar surface area (TPSA) is 96.1 Å². The number of benzene rings is 2. The standard InChI is InChI=1S/C21H25FN2O5/c22-17-3-1-15(2-4-17)21(26)16-9-11-23(12-10-16)13-19(25)14-29-20-7-5-18(6-8-20)24(27)28/h1-8,16,19,21,25-26H,9-14H2. The number of hydrogen-bond acceptors (Lipinski definition) is 6. The number of rotatable bonds is 8. The van der Waals surface area contributed by atoms with Crippen LogP contribution in [0.5, 0.6) is 5.75 Å². The van der Waals surface area contributed by atoms with E-state index in [1.807, 2.05) is 0 Å². The molecule has 1 aliphatic heterocycles. The van der Waals surface area contributed by atoms with Crippen LogP contribution in [-0.2, 0) is 0 Å². The average molecular weight is 404 g/mol. The second-order valence-corrected chi connectivity index (χ2v) is 7.35. The molecule has 2 aromatic carbocycles. The normalized spacial score (nSPS) is 17.6. The Bertz CT molecular complexity index is 792. The molecule has 1 fully saturated rings. The maximum atomic E-state index is 13.0. The molecule has 0 spiro atoms. The highest BCUT2D eigenvalue weighted by atomic mass is 19.1. The van der Waals surface area contributed by atoms with E-state index in [-0.39, 0.29) is 24.0 Å². The fourth-order valence-corrected chi connectivity index (χ4v) is 3.59. The minimum Gasteiger partial charge on any atom is -0.491 e. The smallest absolute Gasteiger partial charge is 0.269 e. The highest BCUT2D eigenvalue weighted by molar-refractivity contribution is 5.35. The molecule has 3 rings (SSSR count). The monoisotopic (exact) mass is 404 g/mol. The number of hydrogen-bond donors (Lipinski definition) is 2. The molecule has 1 saturated heterocycles. The number of non-ortho nitro benzene ring substituents is 1. The Balaban J connectivity index is 1.40. The summed E-state index contributed by atoms with van der Waals surface area (Å²) in [7, 11) is 0. The molecule has 2 atom stereocenters. The van der Waals surface area contributed by atoms with Crippen LogP contribution >= 0.6 is 0 Å². The molecule has 0 aromatic heterocycles. The van der Waals surface area contributed by atoms with Crippen molar-refractivity contribution in [1.82, 2.24) is 4.90 Å². The predicted octanol–water partition coefficient (Wildman–Crippen LogP) is 2.92. The van der Waals surface area contributed by atoms with E-state index in [0.717, 1.165) is 31.5 Å². The molecule has 0 aliphatic carbocycles. The minimum absolute atomic E-state index is 0.0106. The van der Waals surface area contributed by atoms with Crippen molar-refractivity contribution in [1.29, 1.82) is 0 Å². The number of nitrogens with zero attached hydrogens (tertiary/aromatic N) is 2. The zero-order chi connectivity index (χ0) is 20.8. The van der Waals surface area contributed by atoms with E-state index in [0.29, 0.717) is 12.3 Å². The highest BCUT2D eigenvalue weighted by Gasteiger charge is 2.27. The largest absolute Gasteiger partial charge is 0.491 e. The Labute approximate surface area is 168 Å². The van der Waals surface area contributed by atoms with Gasteiger partial charge in [-0.15, -0.1) is 0 Å². The third-order valence-corrected chi connectivity index (χ3v) is 5.25. The number of aliphatic hydroxyl groups excluding tert-OH is 2. The lowest BCUT2D eigenvalue weighted by molar-refractivity contribution is -0.384. The van der Waals surface area contributed by atoms with Crippen molar-refractivity contribution in [2.24, 2.45) is 5.92 Å². The Kier molecular flexibility index (Phi) is 7.13. The first kappa shape index (κ1) is 21.2. The van der Waals surface area contributed by atoms with E-state index >= 15 is 0 Å². The Morgan fingerprint density at radius 3 is 2.31 bits per heavy atom. The van der Waals surface area contributed by atoms with Gasteiger partial charge in [-0.2, -0.15) is 0 Å². The predicted molar refractivity (Wildman–Crippen MR) is 105 cm³/mol. The number of nitro benzene ring substituents is 1. The number of halogens is 1. The van der Waals surface area contributed by atoms with Crippen LogP contribution < -0.4 is 4.74 Å². The number of piperidine rings is 1. The Morgan fingerprint density at radius 2 is 1.72 bits per heavy atom. The fourth-order valence-electron chi connectivity index (χ4n) is 3.59. The third kappa shape index (κ3) is 5.96. The molecule has 29 heavy (non-hydrogen) atoms. The van der Waals surface area contributed by atoms with Gasteiger partial charge in [0.05, 0.1) is 11.0 Å². The molecule has 8 heteroatoms. The van der Waals surface area contributed by atoms with Crippen LogP contribution in [0.15, 0.2) is 48.5 Å². The first-order chi connectivity index (χ1) is 13.9. The summed E-state index contributed by atoms with van der Waals surface area (Å²) in [6.07, 6.45) is 0.264. The van der Waals surface area contributed by atoms with Gasteiger partial charge < -0.3 is 19.8 Å². The molecular weight excluding hydrogens is 379 g/mol. The van der Waals surface area contributed by atoms with Gasteiger partial charge in [0.15, 0.2) is 0 Å². The van der Waals surface area contributed by atoms with E-state index in [1.54, 1.807) is 12.1 Å². The fraction of sp³-hybridized carbons (Fsp3) is 0.429. The zero-order valence-electron chi connectivity index (χ0n) is 16.0. The van der Waals surface area contributed by atoms with Crippen LogP contribution in [0.3, 0.4) is 0 Å². The summed E-state index contributed by atoms with van der Waals surface area (Å²) in [5.74, 6) is 0.252. The quantitative estimate of drug-likeness (QED) is 0.519. The number of β-amino-alcohol motifs (C(OH)–C–C–N with tert-alkyl or cyclic N) is 1. The maximum Gasteiger partial charge on any atom is 0.269 e. The molecule has 7 nitrogen and oxygen atoms in total. The molecule has 2 aromatic rings. The van der Waals surface area contributed by atoms with Crippen molar-refractivity contribution in [3.8, 4) is 5.75 Å². The molecule has 0 saturated carbocycles. The van der Waals surface area contributed by atoms with Crippen LogP contribution in [0.2, 0.25) is 0 Å². The Morgan fingerprint density at radius 1 is 1.10 bits per heavy atom. The van der Waals surface area contributed by atoms with Crippen LogP contribution in [-0.4, -0.2) is 52.4 Å². The van der Waals surface area contributed by atoms with Crippen molar-refractivity contribution >= 4 is 5.69 Å². The van der Waals surface area contributed by atoms with E-state index in [9.17, 15) is 24.7 Å². The van der Waals surface area contributed by atoms with Crippen molar-refractivity contribution in [3.63, 3.8) is 0 Å². The lowest BCUT2D eigenvalue weighted by Crippen LogP contribution is -2.41. The number of ether oxygens (including phenoxy) is 1. The number of likely N-dealkylation sites (tertiary alicyclic amines) is 1. The molecule has 2 unspecified atom stereocenters. The van der Waals surface area contributed by atoms with Crippen molar-refractivity contribution in [2.45, 2.75) is 25.0 Å². The van der Waals surface area contributed by atoms with Crippen molar-refractivity contribution < 1.29 is 24.3 Å². The molecule has 0 amide bonds. The van der Waals surface area contributed by atoms with E-state index in [1.165, 1.54) is 36.4 Å². The summed E-state index contributed by atoms with van der Waals surface area (Å²) < 4.78 is 18.5. The second kappa shape index (κ2) is 9.78. The van der Waals surface area contributed by atoms with Crippen molar-refractivity contribution in [2.75, 3.05) is 26.2 Å². The van der Waals surface area contributed by atoms with Gasteiger partial charge in [0, 0.05) is 18.7 Å². The van der Waals surface area contributed by atoms with Gasteiger partial charge in [-0.05, 0) is 61.7 Å². The number of aliphatic hydroxyl groups is 2. The third-order valence-electron chi connectivity index (χ3n) is 5.25. The van der Waals surface area contributed by atoms with Gasteiger partial charge in [-0.1, -0.05) is 12.1 Å². The molecule has 2 N–H and O–H groups in total. The molecule has 156 valence electrons. The van der Waals surface area contributed by atoms with Crippen LogP contribution in [0.1, 0.15) is 24.5 Å². The van der Waals surface area contributed by atoms with Gasteiger partial charge in [-0.25, -0.2) is 4.39 Å². The van der Waals surface area contributed by atoms with Gasteiger partial charge in [0.2, 0.25) is 0 Å². The Hall–Kier alpha value is -2.55. The van der Waals surface area contributed by atoms with Crippen LogP contribution in [0.4, 0.5) is 10.1 Å². The SMILES string of the molecule is O=[N+]([O-])c1ccc(OCC(O)CN2CCC(C(O)c3ccc(F)cc3)CC2)cc1. The lowest BCUT2D eigenvalue weighted by atomic mass is 9.87. The van der Waals surface area contributed by atoms with Crippen molar-refractivity contribution in [3.05, 3.63) is 70.0 Å². The summed E-state index contributed by atoms with van der Waals surface area (Å²) in [6, 6.07) is 11.7. The highest BCUT2D eigenvalue weighted by Crippen LogP contribution is 2.30. The summed E-state index contributed by atoms with van der Waals surface area (Å²) in [6.45, 7) is 2.04.